The first-order chi connectivity index (χ1) is 23.7. The van der Waals surface area contributed by atoms with Gasteiger partial charge in [0.05, 0.1) is 6.04 Å². The van der Waals surface area contributed by atoms with Gasteiger partial charge >= 0.3 is 5.97 Å². The molecule has 0 aliphatic heterocycles. The van der Waals surface area contributed by atoms with Crippen molar-refractivity contribution in [2.24, 2.45) is 5.92 Å². The third kappa shape index (κ3) is 11.2. The van der Waals surface area contributed by atoms with Crippen LogP contribution in [-0.4, -0.2) is 73.2 Å². The average Bonchev–Trinajstić information content (AvgIpc) is 3.11. The summed E-state index contributed by atoms with van der Waals surface area (Å²) in [6.45, 7) is 1.40. The monoisotopic (exact) mass is 668 g/mol. The third-order valence-corrected chi connectivity index (χ3v) is 8.87. The Kier molecular flexibility index (Phi) is 14.2. The Balaban J connectivity index is 1.48. The normalized spacial score (nSPS) is 15.6. The number of esters is 1. The molecule has 0 aromatic heterocycles. The van der Waals surface area contributed by atoms with E-state index in [0.29, 0.717) is 6.42 Å². The van der Waals surface area contributed by atoms with E-state index in [0.717, 1.165) is 54.0 Å². The van der Waals surface area contributed by atoms with Gasteiger partial charge < -0.3 is 31.1 Å². The molecule has 0 heterocycles. The van der Waals surface area contributed by atoms with Crippen LogP contribution < -0.4 is 21.3 Å². The van der Waals surface area contributed by atoms with Crippen molar-refractivity contribution in [1.29, 1.82) is 0 Å². The van der Waals surface area contributed by atoms with Gasteiger partial charge in [-0.3, -0.25) is 24.0 Å². The molecule has 4 rings (SSSR count). The van der Waals surface area contributed by atoms with E-state index >= 15 is 0 Å². The zero-order valence-corrected chi connectivity index (χ0v) is 27.9. The number of ether oxygens (including phenoxy) is 1. The molecule has 0 saturated heterocycles. The first-order valence-corrected chi connectivity index (χ1v) is 16.9. The first kappa shape index (κ1) is 37.1. The van der Waals surface area contributed by atoms with E-state index in [1.54, 1.807) is 12.1 Å². The summed E-state index contributed by atoms with van der Waals surface area (Å²) in [4.78, 5) is 64.9. The van der Waals surface area contributed by atoms with Crippen molar-refractivity contribution in [2.75, 3.05) is 6.54 Å². The zero-order chi connectivity index (χ0) is 35.2. The largest absolute Gasteiger partial charge is 0.460 e. The van der Waals surface area contributed by atoms with Gasteiger partial charge in [0.2, 0.25) is 19.7 Å². The van der Waals surface area contributed by atoms with Crippen LogP contribution in [0.4, 0.5) is 4.79 Å². The van der Waals surface area contributed by atoms with Crippen LogP contribution in [0.3, 0.4) is 0 Å². The van der Waals surface area contributed by atoms with Crippen molar-refractivity contribution in [3.8, 4) is 0 Å². The molecule has 0 bridgehead atoms. The van der Waals surface area contributed by atoms with Gasteiger partial charge in [0, 0.05) is 6.42 Å². The summed E-state index contributed by atoms with van der Waals surface area (Å²) in [7, 11) is 5.46. The number of aliphatic hydroxyl groups excluding tert-OH is 1. The van der Waals surface area contributed by atoms with Crippen molar-refractivity contribution >= 4 is 48.1 Å². The second-order valence-electron chi connectivity index (χ2n) is 12.5. The van der Waals surface area contributed by atoms with Gasteiger partial charge in [-0.15, -0.1) is 0 Å². The number of fused-ring (bicyclic) bond motifs is 1. The fourth-order valence-corrected chi connectivity index (χ4v) is 6.32. The Labute approximate surface area is 288 Å². The number of hydrogen-bond donors (Lipinski definition) is 5. The summed E-state index contributed by atoms with van der Waals surface area (Å²) in [5, 5.41) is 23.5. The van der Waals surface area contributed by atoms with Crippen LogP contribution in [-0.2, 0) is 36.9 Å². The molecule has 0 spiro atoms. The van der Waals surface area contributed by atoms with Gasteiger partial charge in [-0.25, -0.2) is 0 Å². The molecule has 2 unspecified atom stereocenters. The molecule has 5 N–H and O–H groups in total. The van der Waals surface area contributed by atoms with E-state index in [-0.39, 0.29) is 25.4 Å². The number of hydrogen-bond acceptors (Lipinski definition) is 7. The quantitative estimate of drug-likeness (QED) is 0.116. The van der Waals surface area contributed by atoms with Crippen LogP contribution in [0.25, 0.3) is 10.8 Å². The highest BCUT2D eigenvalue weighted by molar-refractivity contribution is 6.57. The number of benzene rings is 3. The zero-order valence-electron chi connectivity index (χ0n) is 27.9. The maximum absolute atomic E-state index is 14.0. The molecule has 4 amide bonds. The highest BCUT2D eigenvalue weighted by Gasteiger charge is 2.35. The lowest BCUT2D eigenvalue weighted by Crippen LogP contribution is -2.59. The minimum absolute atomic E-state index is 0.0347. The van der Waals surface area contributed by atoms with Gasteiger partial charge in [-0.1, -0.05) is 105 Å². The number of nitrogens with one attached hydrogen (secondary N) is 4. The molecule has 1 aliphatic carbocycles. The maximum Gasteiger partial charge on any atom is 0.325 e. The predicted molar refractivity (Wildman–Crippen MR) is 186 cm³/mol. The topological polar surface area (TPSA) is 163 Å². The lowest BCUT2D eigenvalue weighted by atomic mass is 9.83. The summed E-state index contributed by atoms with van der Waals surface area (Å²) in [6.07, 6.45) is 3.50. The molecule has 3 aromatic rings. The fourth-order valence-electron chi connectivity index (χ4n) is 6.32. The van der Waals surface area contributed by atoms with Crippen molar-refractivity contribution in [3.63, 3.8) is 0 Å². The molecule has 2 radical (unpaired) electrons. The van der Waals surface area contributed by atoms with Gasteiger partial charge in [-0.2, -0.15) is 0 Å². The van der Waals surface area contributed by atoms with Crippen molar-refractivity contribution in [2.45, 2.75) is 89.1 Å². The predicted octanol–water partition coefficient (Wildman–Crippen LogP) is 3.20. The molecule has 258 valence electrons. The maximum atomic E-state index is 14.0. The van der Waals surface area contributed by atoms with Crippen LogP contribution in [0.15, 0.2) is 72.8 Å². The number of aliphatic hydroxyl groups is 1. The van der Waals surface area contributed by atoms with Crippen molar-refractivity contribution in [3.05, 3.63) is 83.9 Å². The Morgan fingerprint density at radius 1 is 0.837 bits per heavy atom. The Morgan fingerprint density at radius 2 is 1.53 bits per heavy atom. The SMILES string of the molecule is [B]C(=O)N[C@H](C(=O)N[C@@H](Cc1cccc2ccccc12)C(=O)NC(CCC)C(O)C(=O)NCC(=O)OCc1ccccc1)C1CCCCC1. The number of carbonyl (C=O) groups is 5. The van der Waals surface area contributed by atoms with Crippen LogP contribution >= 0.6 is 0 Å². The Hall–Kier alpha value is -4.71. The molecular formula is C37H45BN4O7. The molecule has 12 heteroatoms. The van der Waals surface area contributed by atoms with Crippen LogP contribution in [0, 0.1) is 5.92 Å². The van der Waals surface area contributed by atoms with Crippen LogP contribution in [0.1, 0.15) is 63.0 Å². The summed E-state index contributed by atoms with van der Waals surface area (Å²) in [6, 6.07) is 19.4. The molecule has 3 aromatic carbocycles. The van der Waals surface area contributed by atoms with Crippen LogP contribution in [0.2, 0.25) is 0 Å². The molecule has 11 nitrogen and oxygen atoms in total. The second-order valence-corrected chi connectivity index (χ2v) is 12.5. The van der Waals surface area contributed by atoms with E-state index in [9.17, 15) is 29.1 Å². The minimum atomic E-state index is -1.69. The molecular weight excluding hydrogens is 623 g/mol. The van der Waals surface area contributed by atoms with Gasteiger partial charge in [0.1, 0.15) is 25.2 Å². The van der Waals surface area contributed by atoms with Gasteiger partial charge in [-0.05, 0) is 47.1 Å². The summed E-state index contributed by atoms with van der Waals surface area (Å²) in [5.74, 6) is -3.66. The standard InChI is InChI=1S/C37H45BN4O7/c1-2-12-29(33(44)36(47)39-22-31(43)49-23-24-13-5-3-6-14-24)40-34(45)30(21-27-19-11-18-25-15-9-10-20-28(25)27)41-35(46)32(42-37(38)48)26-16-7-4-8-17-26/h3,5-6,9-11,13-15,18-20,26,29-30,32-33,44H,2,4,7-8,12,16-17,21-23H2,1H3,(H,39,47)(H,40,45)(H,41,46)(H,42,48)/t29?,30-,32-,33?/m0/s1. The van der Waals surface area contributed by atoms with E-state index < -0.39 is 60.3 Å². The summed E-state index contributed by atoms with van der Waals surface area (Å²) < 4.78 is 5.19. The molecule has 1 fully saturated rings. The highest BCUT2D eigenvalue weighted by Crippen LogP contribution is 2.27. The lowest BCUT2D eigenvalue weighted by molar-refractivity contribution is -0.146. The van der Waals surface area contributed by atoms with E-state index in [4.69, 9.17) is 12.6 Å². The lowest BCUT2D eigenvalue weighted by Gasteiger charge is -2.32. The molecule has 1 aliphatic rings. The third-order valence-electron chi connectivity index (χ3n) is 8.87. The van der Waals surface area contributed by atoms with Gasteiger partial charge in [0.25, 0.3) is 5.91 Å². The summed E-state index contributed by atoms with van der Waals surface area (Å²) in [5.41, 5.74) is 1.59. The van der Waals surface area contributed by atoms with Gasteiger partial charge in [0.15, 0.2) is 11.9 Å². The molecule has 4 atom stereocenters. The van der Waals surface area contributed by atoms with Crippen molar-refractivity contribution in [1.82, 2.24) is 21.3 Å². The van der Waals surface area contributed by atoms with E-state index in [1.165, 1.54) is 0 Å². The smallest absolute Gasteiger partial charge is 0.325 e. The van der Waals surface area contributed by atoms with E-state index in [2.05, 4.69) is 21.3 Å². The molecule has 49 heavy (non-hydrogen) atoms. The van der Waals surface area contributed by atoms with E-state index in [1.807, 2.05) is 67.6 Å². The Bertz CT molecular complexity index is 1580. The number of carbonyl (C=O) groups excluding carboxylic acids is 5. The number of rotatable bonds is 16. The Morgan fingerprint density at radius 3 is 2.24 bits per heavy atom. The molecule has 1 saturated carbocycles. The average molecular weight is 669 g/mol. The highest BCUT2D eigenvalue weighted by atomic mass is 16.5. The number of amides is 4. The minimum Gasteiger partial charge on any atom is -0.460 e. The first-order valence-electron chi connectivity index (χ1n) is 16.9. The second kappa shape index (κ2) is 18.7. The van der Waals surface area contributed by atoms with Crippen LogP contribution in [0.5, 0.6) is 0 Å². The summed E-state index contributed by atoms with van der Waals surface area (Å²) >= 11 is 0. The fraction of sp³-hybridized carbons (Fsp3) is 0.432. The van der Waals surface area contributed by atoms with Crippen molar-refractivity contribution < 1.29 is 33.8 Å².